The molecule has 0 bridgehead atoms. The van der Waals surface area contributed by atoms with Gasteiger partial charge >= 0.3 is 0 Å². The van der Waals surface area contributed by atoms with Gasteiger partial charge in [-0.05, 0) is 35.0 Å². The first-order chi connectivity index (χ1) is 9.76. The van der Waals surface area contributed by atoms with Crippen molar-refractivity contribution in [2.75, 3.05) is 37.6 Å². The average Bonchev–Trinajstić information content (AvgIpc) is 2.48. The summed E-state index contributed by atoms with van der Waals surface area (Å²) < 4.78 is 1.13. The van der Waals surface area contributed by atoms with E-state index in [1.54, 1.807) is 0 Å². The van der Waals surface area contributed by atoms with Crippen LogP contribution in [-0.4, -0.2) is 37.6 Å². The summed E-state index contributed by atoms with van der Waals surface area (Å²) in [6.07, 6.45) is 5.37. The third-order valence-corrected chi connectivity index (χ3v) is 4.33. The van der Waals surface area contributed by atoms with Crippen LogP contribution in [0, 0.1) is 12.3 Å². The topological polar surface area (TPSA) is 6.48 Å². The standard InChI is InChI=1S/C17H17BrN2/c1-2-7-19-8-10-20(11-9-19)17-6-4-14-12-16(18)5-3-15(14)13-17/h1,3-6,12-13H,7-11H2. The molecular weight excluding hydrogens is 312 g/mol. The molecule has 20 heavy (non-hydrogen) atoms. The van der Waals surface area contributed by atoms with Gasteiger partial charge in [0.05, 0.1) is 6.54 Å². The molecule has 3 rings (SSSR count). The van der Waals surface area contributed by atoms with Crippen LogP contribution in [0.5, 0.6) is 0 Å². The average molecular weight is 329 g/mol. The number of hydrogen-bond donors (Lipinski definition) is 0. The molecule has 2 nitrogen and oxygen atoms in total. The maximum Gasteiger partial charge on any atom is 0.0600 e. The number of anilines is 1. The van der Waals surface area contributed by atoms with Crippen LogP contribution in [0.1, 0.15) is 0 Å². The number of hydrogen-bond acceptors (Lipinski definition) is 2. The monoisotopic (exact) mass is 328 g/mol. The lowest BCUT2D eigenvalue weighted by Gasteiger charge is -2.35. The Morgan fingerprint density at radius 1 is 1.00 bits per heavy atom. The van der Waals surface area contributed by atoms with Gasteiger partial charge in [-0.3, -0.25) is 4.90 Å². The van der Waals surface area contributed by atoms with Crippen LogP contribution in [0.25, 0.3) is 10.8 Å². The molecule has 0 spiro atoms. The Bertz CT molecular complexity index is 652. The lowest BCUT2D eigenvalue weighted by atomic mass is 10.1. The molecule has 0 amide bonds. The maximum absolute atomic E-state index is 5.37. The minimum absolute atomic E-state index is 0.763. The van der Waals surface area contributed by atoms with Crippen LogP contribution in [0.2, 0.25) is 0 Å². The van der Waals surface area contributed by atoms with Crippen LogP contribution < -0.4 is 4.90 Å². The Morgan fingerprint density at radius 2 is 1.70 bits per heavy atom. The van der Waals surface area contributed by atoms with Gasteiger partial charge in [0.2, 0.25) is 0 Å². The molecular formula is C17H17BrN2. The van der Waals surface area contributed by atoms with Crippen molar-refractivity contribution in [2.24, 2.45) is 0 Å². The number of rotatable bonds is 2. The Labute approximate surface area is 128 Å². The summed E-state index contributed by atoms with van der Waals surface area (Å²) in [6.45, 7) is 4.94. The van der Waals surface area contributed by atoms with Crippen molar-refractivity contribution in [2.45, 2.75) is 0 Å². The fourth-order valence-electron chi connectivity index (χ4n) is 2.69. The van der Waals surface area contributed by atoms with E-state index in [0.717, 1.165) is 37.2 Å². The highest BCUT2D eigenvalue weighted by atomic mass is 79.9. The smallest absolute Gasteiger partial charge is 0.0600 e. The molecule has 102 valence electrons. The van der Waals surface area contributed by atoms with Crippen LogP contribution >= 0.6 is 15.9 Å². The second-order valence-corrected chi connectivity index (χ2v) is 6.06. The van der Waals surface area contributed by atoms with Crippen molar-refractivity contribution in [1.82, 2.24) is 4.90 Å². The van der Waals surface area contributed by atoms with Gasteiger partial charge < -0.3 is 4.90 Å². The fraction of sp³-hybridized carbons (Fsp3) is 0.294. The summed E-state index contributed by atoms with van der Waals surface area (Å²) >= 11 is 3.52. The molecule has 0 radical (unpaired) electrons. The zero-order valence-electron chi connectivity index (χ0n) is 11.3. The van der Waals surface area contributed by atoms with Crippen molar-refractivity contribution >= 4 is 32.4 Å². The van der Waals surface area contributed by atoms with Crippen LogP contribution in [-0.2, 0) is 0 Å². The molecule has 0 aromatic heterocycles. The molecule has 0 aliphatic carbocycles. The van der Waals surface area contributed by atoms with Gasteiger partial charge in [-0.15, -0.1) is 6.42 Å². The number of halogens is 1. The third kappa shape index (κ3) is 2.82. The molecule has 0 atom stereocenters. The van der Waals surface area contributed by atoms with Gasteiger partial charge in [0, 0.05) is 36.3 Å². The van der Waals surface area contributed by atoms with E-state index in [9.17, 15) is 0 Å². The van der Waals surface area contributed by atoms with Crippen molar-refractivity contribution in [3.63, 3.8) is 0 Å². The molecule has 1 aliphatic heterocycles. The van der Waals surface area contributed by atoms with E-state index in [-0.39, 0.29) is 0 Å². The van der Waals surface area contributed by atoms with Gasteiger partial charge in [0.25, 0.3) is 0 Å². The van der Waals surface area contributed by atoms with E-state index in [2.05, 4.69) is 68.0 Å². The second-order valence-electron chi connectivity index (χ2n) is 5.14. The van der Waals surface area contributed by atoms with E-state index < -0.39 is 0 Å². The molecule has 1 fully saturated rings. The molecule has 0 N–H and O–H groups in total. The first kappa shape index (κ1) is 13.5. The number of benzene rings is 2. The predicted octanol–water partition coefficient (Wildman–Crippen LogP) is 3.36. The van der Waals surface area contributed by atoms with E-state index in [1.807, 2.05) is 0 Å². The largest absolute Gasteiger partial charge is 0.369 e. The molecule has 2 aromatic rings. The van der Waals surface area contributed by atoms with E-state index in [4.69, 9.17) is 6.42 Å². The summed E-state index contributed by atoms with van der Waals surface area (Å²) in [6, 6.07) is 13.1. The Morgan fingerprint density at radius 3 is 2.45 bits per heavy atom. The van der Waals surface area contributed by atoms with Crippen LogP contribution in [0.15, 0.2) is 40.9 Å². The number of terminal acetylenes is 1. The van der Waals surface area contributed by atoms with Gasteiger partial charge in [0.15, 0.2) is 0 Å². The zero-order valence-corrected chi connectivity index (χ0v) is 12.9. The van der Waals surface area contributed by atoms with E-state index in [1.165, 1.54) is 16.5 Å². The third-order valence-electron chi connectivity index (χ3n) is 3.84. The first-order valence-corrected chi connectivity index (χ1v) is 7.66. The maximum atomic E-state index is 5.37. The van der Waals surface area contributed by atoms with Gasteiger partial charge in [-0.25, -0.2) is 0 Å². The molecule has 3 heteroatoms. The normalized spacial score (nSPS) is 16.3. The summed E-state index contributed by atoms with van der Waals surface area (Å²) in [4.78, 5) is 4.77. The van der Waals surface area contributed by atoms with E-state index in [0.29, 0.717) is 0 Å². The van der Waals surface area contributed by atoms with Gasteiger partial charge in [-0.1, -0.05) is 34.0 Å². The molecule has 2 aromatic carbocycles. The first-order valence-electron chi connectivity index (χ1n) is 6.86. The summed E-state index contributed by atoms with van der Waals surface area (Å²) in [5, 5.41) is 2.56. The fourth-order valence-corrected chi connectivity index (χ4v) is 3.07. The zero-order chi connectivity index (χ0) is 13.9. The Hall–Kier alpha value is -1.50. The highest BCUT2D eigenvalue weighted by Crippen LogP contribution is 2.25. The van der Waals surface area contributed by atoms with Gasteiger partial charge in [-0.2, -0.15) is 0 Å². The minimum atomic E-state index is 0.763. The Kier molecular flexibility index (Phi) is 3.95. The highest BCUT2D eigenvalue weighted by molar-refractivity contribution is 9.10. The van der Waals surface area contributed by atoms with Crippen molar-refractivity contribution in [3.8, 4) is 12.3 Å². The van der Waals surface area contributed by atoms with E-state index >= 15 is 0 Å². The van der Waals surface area contributed by atoms with Crippen molar-refractivity contribution in [3.05, 3.63) is 40.9 Å². The quantitative estimate of drug-likeness (QED) is 0.780. The molecule has 0 unspecified atom stereocenters. The molecule has 1 heterocycles. The van der Waals surface area contributed by atoms with Gasteiger partial charge in [0.1, 0.15) is 0 Å². The highest BCUT2D eigenvalue weighted by Gasteiger charge is 2.16. The molecule has 1 aliphatic rings. The molecule has 0 saturated carbocycles. The molecule has 1 saturated heterocycles. The van der Waals surface area contributed by atoms with Crippen LogP contribution in [0.4, 0.5) is 5.69 Å². The minimum Gasteiger partial charge on any atom is -0.369 e. The lowest BCUT2D eigenvalue weighted by Crippen LogP contribution is -2.46. The summed E-state index contributed by atoms with van der Waals surface area (Å²) in [7, 11) is 0. The van der Waals surface area contributed by atoms with Crippen molar-refractivity contribution < 1.29 is 0 Å². The second kappa shape index (κ2) is 5.87. The summed E-state index contributed by atoms with van der Waals surface area (Å²) in [5.74, 6) is 2.72. The Balaban J connectivity index is 1.78. The number of piperazine rings is 1. The number of nitrogens with zero attached hydrogens (tertiary/aromatic N) is 2. The summed E-state index contributed by atoms with van der Waals surface area (Å²) in [5.41, 5.74) is 1.31. The van der Waals surface area contributed by atoms with Crippen molar-refractivity contribution in [1.29, 1.82) is 0 Å². The lowest BCUT2D eigenvalue weighted by molar-refractivity contribution is 0.288. The predicted molar refractivity (Wildman–Crippen MR) is 89.1 cm³/mol. The van der Waals surface area contributed by atoms with Crippen LogP contribution in [0.3, 0.4) is 0 Å². The SMILES string of the molecule is C#CCN1CCN(c2ccc3cc(Br)ccc3c2)CC1. The number of fused-ring (bicyclic) bond motifs is 1.